The fourth-order valence-electron chi connectivity index (χ4n) is 6.32. The molecule has 44 heavy (non-hydrogen) atoms. The number of hydrogen-bond acceptors (Lipinski definition) is 5. The summed E-state index contributed by atoms with van der Waals surface area (Å²) in [5, 5.41) is 7.34. The number of aliphatic imine (C=N–C) groups is 2. The van der Waals surface area contributed by atoms with Crippen molar-refractivity contribution < 1.29 is 0 Å². The molecule has 0 fully saturated rings. The van der Waals surface area contributed by atoms with Crippen LogP contribution in [0, 0.1) is 0 Å². The van der Waals surface area contributed by atoms with Crippen LogP contribution in [0.2, 0.25) is 0 Å². The van der Waals surface area contributed by atoms with E-state index in [4.69, 9.17) is 9.98 Å². The van der Waals surface area contributed by atoms with Crippen molar-refractivity contribution in [2.45, 2.75) is 70.9 Å². The zero-order valence-corrected chi connectivity index (χ0v) is 27.3. The highest BCUT2D eigenvalue weighted by Crippen LogP contribution is 2.40. The van der Waals surface area contributed by atoms with Crippen LogP contribution < -0.4 is 10.6 Å². The normalized spacial score (nSPS) is 21.7. The maximum absolute atomic E-state index is 5.02. The minimum absolute atomic E-state index is 0.0138. The van der Waals surface area contributed by atoms with Crippen molar-refractivity contribution in [2.75, 3.05) is 13.1 Å². The first-order chi connectivity index (χ1) is 21.1. The van der Waals surface area contributed by atoms with Crippen molar-refractivity contribution in [3.63, 3.8) is 0 Å². The van der Waals surface area contributed by atoms with Gasteiger partial charge in [0.1, 0.15) is 0 Å². The van der Waals surface area contributed by atoms with Gasteiger partial charge in [-0.1, -0.05) is 65.8 Å². The molecule has 0 bridgehead atoms. The summed E-state index contributed by atoms with van der Waals surface area (Å²) in [7, 11) is 0. The first kappa shape index (κ1) is 28.8. The van der Waals surface area contributed by atoms with Gasteiger partial charge in [0, 0.05) is 68.0 Å². The SMILES string of the molecule is CCC(C)(C)c1ccc(C2=CC=C(c3ccc(C4=CC=C(c5ccc(C(C)(C)C)[nH]5)C5=NCCNC45)[nH]3)C3=NC=CNC23)s1. The van der Waals surface area contributed by atoms with Crippen LogP contribution in [-0.4, -0.2) is 46.6 Å². The summed E-state index contributed by atoms with van der Waals surface area (Å²) in [5.74, 6) is 0. The number of nitrogens with zero attached hydrogens (tertiary/aromatic N) is 2. The number of H-pyrrole nitrogens is 2. The van der Waals surface area contributed by atoms with Gasteiger partial charge in [-0.25, -0.2) is 0 Å². The molecule has 0 amide bonds. The summed E-state index contributed by atoms with van der Waals surface area (Å²) in [6.45, 7) is 15.3. The van der Waals surface area contributed by atoms with E-state index < -0.39 is 0 Å². The smallest absolute Gasteiger partial charge is 0.0956 e. The Morgan fingerprint density at radius 1 is 0.795 bits per heavy atom. The molecule has 0 spiro atoms. The number of aromatic nitrogens is 2. The quantitative estimate of drug-likeness (QED) is 0.234. The van der Waals surface area contributed by atoms with E-state index in [0.29, 0.717) is 0 Å². The van der Waals surface area contributed by atoms with E-state index in [1.54, 1.807) is 0 Å². The lowest BCUT2D eigenvalue weighted by atomic mass is 9.87. The van der Waals surface area contributed by atoms with E-state index in [2.05, 4.69) is 123 Å². The summed E-state index contributed by atoms with van der Waals surface area (Å²) in [5.41, 5.74) is 11.7. The van der Waals surface area contributed by atoms with Crippen molar-refractivity contribution >= 4 is 45.1 Å². The molecule has 6 nitrogen and oxygen atoms in total. The zero-order valence-electron chi connectivity index (χ0n) is 26.5. The number of rotatable bonds is 6. The molecule has 4 N–H and O–H groups in total. The molecule has 226 valence electrons. The van der Waals surface area contributed by atoms with Crippen molar-refractivity contribution in [3.8, 4) is 0 Å². The second-order valence-electron chi connectivity index (χ2n) is 13.7. The van der Waals surface area contributed by atoms with Crippen molar-refractivity contribution in [1.29, 1.82) is 0 Å². The standard InChI is InChI=1S/C37H42N6S/c1-7-37(5,6)31-17-15-29(44-31)25-11-10-23(34-35(25)41-21-20-40-34)27-13-12-26(42-27)22-8-9-24(33-32(22)38-18-19-39-33)28-14-16-30(43-28)36(2,3)4/h8-17,20-21,32,35,38,41-43H,7,18-19H2,1-6H3. The highest BCUT2D eigenvalue weighted by atomic mass is 32.1. The predicted octanol–water partition coefficient (Wildman–Crippen LogP) is 7.65. The van der Waals surface area contributed by atoms with Gasteiger partial charge in [0.25, 0.3) is 0 Å². The summed E-state index contributed by atoms with van der Waals surface area (Å²) >= 11 is 1.90. The van der Waals surface area contributed by atoms with Gasteiger partial charge in [0.05, 0.1) is 30.1 Å². The molecular weight excluding hydrogens is 561 g/mol. The highest BCUT2D eigenvalue weighted by molar-refractivity contribution is 7.13. The Kier molecular flexibility index (Phi) is 7.13. The van der Waals surface area contributed by atoms with E-state index in [9.17, 15) is 0 Å². The summed E-state index contributed by atoms with van der Waals surface area (Å²) < 4.78 is 0. The third-order valence-electron chi connectivity index (χ3n) is 9.39. The van der Waals surface area contributed by atoms with Gasteiger partial charge in [0.15, 0.2) is 0 Å². The maximum atomic E-state index is 5.02. The van der Waals surface area contributed by atoms with Crippen molar-refractivity contribution in [2.24, 2.45) is 9.98 Å². The Hall–Kier alpha value is -3.94. The average Bonchev–Trinajstić information content (AvgIpc) is 3.81. The van der Waals surface area contributed by atoms with Crippen LogP contribution in [0.5, 0.6) is 0 Å². The monoisotopic (exact) mass is 602 g/mol. The molecule has 7 heteroatoms. The topological polar surface area (TPSA) is 80.4 Å². The highest BCUT2D eigenvalue weighted by Gasteiger charge is 2.33. The van der Waals surface area contributed by atoms with Crippen LogP contribution in [0.25, 0.3) is 22.3 Å². The lowest BCUT2D eigenvalue weighted by Crippen LogP contribution is -2.44. The van der Waals surface area contributed by atoms with Crippen LogP contribution in [-0.2, 0) is 10.8 Å². The summed E-state index contributed by atoms with van der Waals surface area (Å²) in [6.07, 6.45) is 13.9. The minimum Gasteiger partial charge on any atom is -0.377 e. The van der Waals surface area contributed by atoms with E-state index in [1.165, 1.54) is 26.6 Å². The second kappa shape index (κ2) is 10.9. The first-order valence-corrected chi connectivity index (χ1v) is 16.6. The number of allylic oxidation sites excluding steroid dienone is 4. The molecule has 7 rings (SSSR count). The molecular formula is C37H42N6S. The van der Waals surface area contributed by atoms with E-state index >= 15 is 0 Å². The number of hydrogen-bond donors (Lipinski definition) is 4. The molecule has 0 aromatic carbocycles. The van der Waals surface area contributed by atoms with E-state index in [-0.39, 0.29) is 22.9 Å². The molecule has 3 aromatic rings. The van der Waals surface area contributed by atoms with Gasteiger partial charge in [-0.2, -0.15) is 0 Å². The zero-order chi connectivity index (χ0) is 30.6. The molecule has 2 atom stereocenters. The third kappa shape index (κ3) is 5.02. The first-order valence-electron chi connectivity index (χ1n) is 15.8. The molecule has 3 aromatic heterocycles. The number of thiophene rings is 1. The number of nitrogens with one attached hydrogen (secondary N) is 4. The molecule has 2 aliphatic carbocycles. The average molecular weight is 603 g/mol. The van der Waals surface area contributed by atoms with Crippen LogP contribution in [0.1, 0.15) is 80.5 Å². The molecule has 2 aliphatic heterocycles. The Labute approximate surface area is 264 Å². The minimum atomic E-state index is 0.0138. The fraction of sp³-hybridized carbons (Fsp3) is 0.351. The van der Waals surface area contributed by atoms with Gasteiger partial charge in [-0.3, -0.25) is 9.98 Å². The lowest BCUT2D eigenvalue weighted by molar-refractivity contribution is 0.517. The van der Waals surface area contributed by atoms with Gasteiger partial charge in [-0.05, 0) is 59.4 Å². The molecule has 2 unspecified atom stereocenters. The Morgan fingerprint density at radius 3 is 2.30 bits per heavy atom. The molecule has 0 saturated heterocycles. The number of aromatic amines is 2. The maximum Gasteiger partial charge on any atom is 0.0956 e. The van der Waals surface area contributed by atoms with Crippen molar-refractivity contribution in [1.82, 2.24) is 20.6 Å². The molecule has 5 heterocycles. The van der Waals surface area contributed by atoms with Crippen LogP contribution in [0.3, 0.4) is 0 Å². The van der Waals surface area contributed by atoms with E-state index in [0.717, 1.165) is 59.2 Å². The van der Waals surface area contributed by atoms with Crippen LogP contribution in [0.4, 0.5) is 0 Å². The van der Waals surface area contributed by atoms with Gasteiger partial charge >= 0.3 is 0 Å². The third-order valence-corrected chi connectivity index (χ3v) is 10.9. The Bertz CT molecular complexity index is 1820. The second-order valence-corrected chi connectivity index (χ2v) is 14.8. The van der Waals surface area contributed by atoms with Gasteiger partial charge in [0.2, 0.25) is 0 Å². The largest absolute Gasteiger partial charge is 0.377 e. The molecule has 0 radical (unpaired) electrons. The van der Waals surface area contributed by atoms with Gasteiger partial charge in [-0.15, -0.1) is 11.3 Å². The molecule has 0 saturated carbocycles. The molecule has 4 aliphatic rings. The predicted molar refractivity (Wildman–Crippen MR) is 187 cm³/mol. The van der Waals surface area contributed by atoms with Crippen molar-refractivity contribution in [3.05, 3.63) is 106 Å². The number of fused-ring (bicyclic) bond motifs is 2. The van der Waals surface area contributed by atoms with E-state index in [1.807, 2.05) is 23.7 Å². The Morgan fingerprint density at radius 2 is 1.52 bits per heavy atom. The van der Waals surface area contributed by atoms with Crippen LogP contribution in [0.15, 0.2) is 83.1 Å². The Balaban J connectivity index is 1.22. The lowest BCUT2D eigenvalue weighted by Gasteiger charge is -2.31. The fourth-order valence-corrected chi connectivity index (χ4v) is 7.55. The summed E-state index contributed by atoms with van der Waals surface area (Å²) in [6, 6.07) is 13.4. The van der Waals surface area contributed by atoms with Crippen LogP contribution >= 0.6 is 11.3 Å². The van der Waals surface area contributed by atoms with Gasteiger partial charge < -0.3 is 20.6 Å². The summed E-state index contributed by atoms with van der Waals surface area (Å²) in [4.78, 5) is 20.1.